The second-order valence-corrected chi connectivity index (χ2v) is 6.43. The summed E-state index contributed by atoms with van der Waals surface area (Å²) in [5, 5.41) is 3.81. The van der Waals surface area contributed by atoms with Crippen LogP contribution >= 0.6 is 0 Å². The Morgan fingerprint density at radius 1 is 1.21 bits per heavy atom. The van der Waals surface area contributed by atoms with Gasteiger partial charge >= 0.3 is 0 Å². The van der Waals surface area contributed by atoms with Crippen molar-refractivity contribution in [2.75, 3.05) is 0 Å². The molecule has 19 heavy (non-hydrogen) atoms. The van der Waals surface area contributed by atoms with Gasteiger partial charge in [0.2, 0.25) is 0 Å². The number of rotatable bonds is 6. The number of nitrogens with one attached hydrogen (secondary N) is 1. The minimum atomic E-state index is 0.621. The van der Waals surface area contributed by atoms with E-state index in [0.29, 0.717) is 12.1 Å². The summed E-state index contributed by atoms with van der Waals surface area (Å²) in [4.78, 5) is 0. The van der Waals surface area contributed by atoms with E-state index in [1.54, 1.807) is 0 Å². The van der Waals surface area contributed by atoms with Crippen molar-refractivity contribution in [3.8, 4) is 0 Å². The summed E-state index contributed by atoms with van der Waals surface area (Å²) in [7, 11) is 0. The molecule has 1 unspecified atom stereocenters. The molecular weight excluding hydrogens is 230 g/mol. The van der Waals surface area contributed by atoms with E-state index in [-0.39, 0.29) is 0 Å². The molecule has 1 nitrogen and oxygen atoms in total. The molecular formula is C18H29N. The molecule has 1 N–H and O–H groups in total. The predicted molar refractivity (Wildman–Crippen MR) is 83.5 cm³/mol. The zero-order chi connectivity index (χ0) is 13.7. The topological polar surface area (TPSA) is 12.0 Å². The van der Waals surface area contributed by atoms with Crippen LogP contribution < -0.4 is 5.32 Å². The fraction of sp³-hybridized carbons (Fsp3) is 0.667. The Hall–Kier alpha value is -0.820. The Balaban J connectivity index is 1.73. The van der Waals surface area contributed by atoms with Crippen LogP contribution in [-0.4, -0.2) is 12.1 Å². The van der Waals surface area contributed by atoms with Crippen LogP contribution in [-0.2, 0) is 6.42 Å². The summed E-state index contributed by atoms with van der Waals surface area (Å²) in [6.07, 6.45) is 8.16. The van der Waals surface area contributed by atoms with Crippen molar-refractivity contribution in [3.63, 3.8) is 0 Å². The first-order valence-corrected chi connectivity index (χ1v) is 7.97. The van der Waals surface area contributed by atoms with E-state index in [1.165, 1.54) is 49.7 Å². The van der Waals surface area contributed by atoms with E-state index in [4.69, 9.17) is 0 Å². The molecule has 1 aromatic carbocycles. The third-order valence-electron chi connectivity index (χ3n) is 4.60. The van der Waals surface area contributed by atoms with Gasteiger partial charge in [-0.25, -0.2) is 0 Å². The summed E-state index contributed by atoms with van der Waals surface area (Å²) in [5.41, 5.74) is 2.85. The molecule has 0 amide bonds. The molecule has 1 aliphatic rings. The molecule has 0 aromatic heterocycles. The van der Waals surface area contributed by atoms with Gasteiger partial charge in [-0.1, -0.05) is 42.7 Å². The van der Waals surface area contributed by atoms with Crippen molar-refractivity contribution in [1.29, 1.82) is 0 Å². The minimum Gasteiger partial charge on any atom is -0.311 e. The summed E-state index contributed by atoms with van der Waals surface area (Å²) >= 11 is 0. The van der Waals surface area contributed by atoms with E-state index in [2.05, 4.69) is 50.4 Å². The van der Waals surface area contributed by atoms with Gasteiger partial charge in [0.05, 0.1) is 0 Å². The van der Waals surface area contributed by atoms with E-state index >= 15 is 0 Å². The maximum atomic E-state index is 3.81. The van der Waals surface area contributed by atoms with Gasteiger partial charge in [-0.3, -0.25) is 0 Å². The lowest BCUT2D eigenvalue weighted by Gasteiger charge is -2.25. The highest BCUT2D eigenvalue weighted by Gasteiger charge is 2.22. The molecule has 0 bridgehead atoms. The quantitative estimate of drug-likeness (QED) is 0.794. The molecule has 1 aromatic rings. The smallest absolute Gasteiger partial charge is 0.00694 e. The van der Waals surface area contributed by atoms with E-state index in [0.717, 1.165) is 5.92 Å². The average Bonchev–Trinajstić information content (AvgIpc) is 2.90. The zero-order valence-electron chi connectivity index (χ0n) is 12.8. The lowest BCUT2D eigenvalue weighted by Crippen LogP contribution is -2.38. The van der Waals surface area contributed by atoms with Crippen LogP contribution in [0.3, 0.4) is 0 Å². The van der Waals surface area contributed by atoms with Crippen LogP contribution in [0.25, 0.3) is 0 Å². The van der Waals surface area contributed by atoms with Crippen LogP contribution in [0.2, 0.25) is 0 Å². The fourth-order valence-electron chi connectivity index (χ4n) is 3.38. The van der Waals surface area contributed by atoms with Crippen molar-refractivity contribution in [2.45, 2.75) is 71.4 Å². The van der Waals surface area contributed by atoms with Crippen LogP contribution in [0, 0.1) is 12.8 Å². The summed E-state index contributed by atoms with van der Waals surface area (Å²) in [5.74, 6) is 0.918. The van der Waals surface area contributed by atoms with Crippen LogP contribution in [0.5, 0.6) is 0 Å². The van der Waals surface area contributed by atoms with Crippen LogP contribution in [0.15, 0.2) is 24.3 Å². The average molecular weight is 259 g/mol. The van der Waals surface area contributed by atoms with E-state index in [9.17, 15) is 0 Å². The molecule has 1 fully saturated rings. The third kappa shape index (κ3) is 4.65. The van der Waals surface area contributed by atoms with Crippen molar-refractivity contribution >= 4 is 0 Å². The highest BCUT2D eigenvalue weighted by atomic mass is 14.9. The maximum absolute atomic E-state index is 3.81. The number of hydrogen-bond donors (Lipinski definition) is 1. The molecule has 0 radical (unpaired) electrons. The maximum Gasteiger partial charge on any atom is 0.00694 e. The first kappa shape index (κ1) is 14.6. The Kier molecular flexibility index (Phi) is 5.45. The lowest BCUT2D eigenvalue weighted by atomic mass is 9.98. The van der Waals surface area contributed by atoms with E-state index in [1.807, 2.05) is 0 Å². The second-order valence-electron chi connectivity index (χ2n) is 6.43. The van der Waals surface area contributed by atoms with Gasteiger partial charge < -0.3 is 5.32 Å². The SMILES string of the molecule is Cc1cccc(CCC(C)N[C@@H](C)C2CCCC2)c1. The Morgan fingerprint density at radius 3 is 2.63 bits per heavy atom. The van der Waals surface area contributed by atoms with Gasteiger partial charge in [0.15, 0.2) is 0 Å². The van der Waals surface area contributed by atoms with Crippen molar-refractivity contribution < 1.29 is 0 Å². The van der Waals surface area contributed by atoms with Crippen molar-refractivity contribution in [2.24, 2.45) is 5.92 Å². The Labute approximate surface area is 118 Å². The lowest BCUT2D eigenvalue weighted by molar-refractivity contribution is 0.341. The van der Waals surface area contributed by atoms with Gasteiger partial charge in [0.25, 0.3) is 0 Å². The monoisotopic (exact) mass is 259 g/mol. The number of hydrogen-bond acceptors (Lipinski definition) is 1. The van der Waals surface area contributed by atoms with Gasteiger partial charge in [0, 0.05) is 12.1 Å². The highest BCUT2D eigenvalue weighted by molar-refractivity contribution is 5.22. The van der Waals surface area contributed by atoms with Gasteiger partial charge in [-0.05, 0) is 57.9 Å². The molecule has 2 atom stereocenters. The van der Waals surface area contributed by atoms with Gasteiger partial charge in [-0.15, -0.1) is 0 Å². The molecule has 0 spiro atoms. The number of benzene rings is 1. The fourth-order valence-corrected chi connectivity index (χ4v) is 3.38. The first-order chi connectivity index (χ1) is 9.15. The largest absolute Gasteiger partial charge is 0.311 e. The van der Waals surface area contributed by atoms with Crippen molar-refractivity contribution in [3.05, 3.63) is 35.4 Å². The normalized spacial score (nSPS) is 19.5. The molecule has 0 aliphatic heterocycles. The summed E-state index contributed by atoms with van der Waals surface area (Å²) in [6, 6.07) is 10.2. The van der Waals surface area contributed by atoms with E-state index < -0.39 is 0 Å². The molecule has 1 aliphatic carbocycles. The summed E-state index contributed by atoms with van der Waals surface area (Å²) in [6.45, 7) is 6.88. The predicted octanol–water partition coefficient (Wildman–Crippen LogP) is 4.48. The number of aryl methyl sites for hydroxylation is 2. The standard InChI is InChI=1S/C18H29N/c1-14-7-6-8-17(13-14)12-11-15(2)19-16(3)18-9-4-5-10-18/h6-8,13,15-16,18-19H,4-5,9-12H2,1-3H3/t15?,16-/m0/s1. The molecule has 2 rings (SSSR count). The third-order valence-corrected chi connectivity index (χ3v) is 4.60. The van der Waals surface area contributed by atoms with Crippen LogP contribution in [0.1, 0.15) is 57.1 Å². The van der Waals surface area contributed by atoms with Crippen LogP contribution in [0.4, 0.5) is 0 Å². The Morgan fingerprint density at radius 2 is 1.95 bits per heavy atom. The highest BCUT2D eigenvalue weighted by Crippen LogP contribution is 2.27. The van der Waals surface area contributed by atoms with Crippen molar-refractivity contribution in [1.82, 2.24) is 5.32 Å². The first-order valence-electron chi connectivity index (χ1n) is 7.97. The molecule has 106 valence electrons. The molecule has 1 saturated carbocycles. The second kappa shape index (κ2) is 7.09. The molecule has 1 heteroatoms. The van der Waals surface area contributed by atoms with Gasteiger partial charge in [-0.2, -0.15) is 0 Å². The minimum absolute atomic E-state index is 0.621. The van der Waals surface area contributed by atoms with Gasteiger partial charge in [0.1, 0.15) is 0 Å². The summed E-state index contributed by atoms with van der Waals surface area (Å²) < 4.78 is 0. The molecule has 0 saturated heterocycles. The zero-order valence-corrected chi connectivity index (χ0v) is 12.8. The Bertz CT molecular complexity index is 379. The molecule has 0 heterocycles.